The number of halogens is 1. The van der Waals surface area contributed by atoms with Crippen LogP contribution in [0.2, 0.25) is 0 Å². The fourth-order valence-corrected chi connectivity index (χ4v) is 3.16. The summed E-state index contributed by atoms with van der Waals surface area (Å²) < 4.78 is 17.3. The molecule has 1 heterocycles. The summed E-state index contributed by atoms with van der Waals surface area (Å²) in [6.07, 6.45) is 2.50. The van der Waals surface area contributed by atoms with Crippen LogP contribution in [0.1, 0.15) is 45.7 Å². The SMILES string of the molecule is CC[C@H](N[S@@](=O)C(C)(C)C)c1cc(=O)n(C)cc1Br. The van der Waals surface area contributed by atoms with Crippen molar-refractivity contribution in [1.82, 2.24) is 9.29 Å². The third-order valence-corrected chi connectivity index (χ3v) is 5.07. The van der Waals surface area contributed by atoms with Crippen LogP contribution < -0.4 is 10.3 Å². The Bertz CT molecular complexity index is 534. The smallest absolute Gasteiger partial charge is 0.250 e. The number of nitrogens with one attached hydrogen (secondary N) is 1. The van der Waals surface area contributed by atoms with Crippen molar-refractivity contribution < 1.29 is 4.21 Å². The van der Waals surface area contributed by atoms with Gasteiger partial charge < -0.3 is 4.57 Å². The average molecular weight is 349 g/mol. The van der Waals surface area contributed by atoms with Gasteiger partial charge in [0.25, 0.3) is 5.56 Å². The number of rotatable bonds is 4. The summed E-state index contributed by atoms with van der Waals surface area (Å²) in [5.41, 5.74) is 0.781. The second kappa shape index (κ2) is 6.33. The Balaban J connectivity index is 3.08. The Morgan fingerprint density at radius 3 is 2.53 bits per heavy atom. The Morgan fingerprint density at radius 1 is 1.47 bits per heavy atom. The topological polar surface area (TPSA) is 51.1 Å². The van der Waals surface area contributed by atoms with E-state index in [2.05, 4.69) is 20.7 Å². The Labute approximate surface area is 125 Å². The van der Waals surface area contributed by atoms with Gasteiger partial charge >= 0.3 is 0 Å². The molecular formula is C13H21BrN2O2S. The van der Waals surface area contributed by atoms with E-state index in [9.17, 15) is 9.00 Å². The van der Waals surface area contributed by atoms with Crippen molar-refractivity contribution in [1.29, 1.82) is 0 Å². The summed E-state index contributed by atoms with van der Waals surface area (Å²) in [7, 11) is 0.539. The van der Waals surface area contributed by atoms with Crippen LogP contribution >= 0.6 is 15.9 Å². The third-order valence-electron chi connectivity index (χ3n) is 2.80. The number of pyridine rings is 1. The van der Waals surface area contributed by atoms with Crippen LogP contribution in [-0.4, -0.2) is 13.5 Å². The quantitative estimate of drug-likeness (QED) is 0.909. The zero-order chi connectivity index (χ0) is 14.8. The monoisotopic (exact) mass is 348 g/mol. The minimum atomic E-state index is -1.17. The third kappa shape index (κ3) is 4.26. The summed E-state index contributed by atoms with van der Waals surface area (Å²) >= 11 is 3.46. The van der Waals surface area contributed by atoms with E-state index in [-0.39, 0.29) is 16.3 Å². The molecule has 108 valence electrons. The van der Waals surface area contributed by atoms with Crippen molar-refractivity contribution in [2.24, 2.45) is 7.05 Å². The van der Waals surface area contributed by atoms with E-state index in [1.807, 2.05) is 27.7 Å². The molecule has 0 aliphatic heterocycles. The molecule has 0 unspecified atom stereocenters. The number of aromatic nitrogens is 1. The normalized spacial score (nSPS) is 15.3. The highest BCUT2D eigenvalue weighted by Crippen LogP contribution is 2.25. The largest absolute Gasteiger partial charge is 0.317 e. The van der Waals surface area contributed by atoms with Gasteiger partial charge in [-0.2, -0.15) is 0 Å². The number of nitrogens with zero attached hydrogens (tertiary/aromatic N) is 1. The first kappa shape index (κ1) is 16.6. The lowest BCUT2D eigenvalue weighted by atomic mass is 10.1. The maximum atomic E-state index is 12.2. The molecule has 1 aromatic rings. The molecule has 0 spiro atoms. The zero-order valence-corrected chi connectivity index (χ0v) is 14.4. The molecule has 0 aliphatic carbocycles. The lowest BCUT2D eigenvalue weighted by Crippen LogP contribution is -2.36. The number of aryl methyl sites for hydroxylation is 1. The van der Waals surface area contributed by atoms with Crippen molar-refractivity contribution in [2.45, 2.75) is 44.9 Å². The van der Waals surface area contributed by atoms with Crippen molar-refractivity contribution in [3.8, 4) is 0 Å². The molecule has 0 saturated carbocycles. The molecule has 19 heavy (non-hydrogen) atoms. The van der Waals surface area contributed by atoms with Gasteiger partial charge in [-0.05, 0) is 48.7 Å². The fraction of sp³-hybridized carbons (Fsp3) is 0.615. The molecule has 1 N–H and O–H groups in total. The minimum absolute atomic E-state index is 0.0695. The van der Waals surface area contributed by atoms with Crippen molar-refractivity contribution in [2.75, 3.05) is 0 Å². The first-order chi connectivity index (χ1) is 8.66. The Morgan fingerprint density at radius 2 is 2.05 bits per heavy atom. The zero-order valence-electron chi connectivity index (χ0n) is 12.0. The molecule has 0 saturated heterocycles. The van der Waals surface area contributed by atoms with Crippen molar-refractivity contribution in [3.05, 3.63) is 32.7 Å². The van der Waals surface area contributed by atoms with Crippen molar-refractivity contribution in [3.63, 3.8) is 0 Å². The lowest BCUT2D eigenvalue weighted by Gasteiger charge is -2.24. The van der Waals surface area contributed by atoms with Crippen LogP contribution in [0.3, 0.4) is 0 Å². The van der Waals surface area contributed by atoms with Gasteiger partial charge in [0.2, 0.25) is 0 Å². The van der Waals surface area contributed by atoms with Gasteiger partial charge in [-0.3, -0.25) is 4.79 Å². The van der Waals surface area contributed by atoms with Gasteiger partial charge in [-0.15, -0.1) is 0 Å². The number of hydrogen-bond donors (Lipinski definition) is 1. The first-order valence-electron chi connectivity index (χ1n) is 6.21. The molecule has 0 aliphatic rings. The molecule has 1 aromatic heterocycles. The maximum Gasteiger partial charge on any atom is 0.250 e. The van der Waals surface area contributed by atoms with Gasteiger partial charge in [0.1, 0.15) is 0 Å². The maximum absolute atomic E-state index is 12.2. The highest BCUT2D eigenvalue weighted by molar-refractivity contribution is 9.10. The second-order valence-electron chi connectivity index (χ2n) is 5.49. The van der Waals surface area contributed by atoms with E-state index in [1.165, 1.54) is 4.57 Å². The van der Waals surface area contributed by atoms with E-state index in [4.69, 9.17) is 0 Å². The van der Waals surface area contributed by atoms with E-state index in [1.54, 1.807) is 19.3 Å². The van der Waals surface area contributed by atoms with Gasteiger partial charge in [0, 0.05) is 29.8 Å². The van der Waals surface area contributed by atoms with Crippen molar-refractivity contribution >= 4 is 26.9 Å². The van der Waals surface area contributed by atoms with Gasteiger partial charge in [0.05, 0.1) is 15.7 Å². The molecule has 0 bridgehead atoms. The van der Waals surface area contributed by atoms with Crippen LogP contribution in [-0.2, 0) is 18.0 Å². The molecule has 0 fully saturated rings. The highest BCUT2D eigenvalue weighted by atomic mass is 79.9. The van der Waals surface area contributed by atoms with E-state index in [0.717, 1.165) is 16.5 Å². The lowest BCUT2D eigenvalue weighted by molar-refractivity contribution is 0.585. The Hall–Kier alpha value is -0.460. The van der Waals surface area contributed by atoms with Crippen LogP contribution in [0, 0.1) is 0 Å². The van der Waals surface area contributed by atoms with Gasteiger partial charge in [-0.25, -0.2) is 8.93 Å². The highest BCUT2D eigenvalue weighted by Gasteiger charge is 2.24. The van der Waals surface area contributed by atoms with Crippen LogP contribution in [0.15, 0.2) is 21.5 Å². The van der Waals surface area contributed by atoms with Crippen LogP contribution in [0.5, 0.6) is 0 Å². The first-order valence-corrected chi connectivity index (χ1v) is 8.15. The molecule has 1 rings (SSSR count). The molecule has 0 radical (unpaired) electrons. The molecule has 2 atom stereocenters. The van der Waals surface area contributed by atoms with Crippen LogP contribution in [0.25, 0.3) is 0 Å². The molecule has 0 amide bonds. The van der Waals surface area contributed by atoms with E-state index in [0.29, 0.717) is 0 Å². The summed E-state index contributed by atoms with van der Waals surface area (Å²) in [6, 6.07) is 1.48. The summed E-state index contributed by atoms with van der Waals surface area (Å²) in [6.45, 7) is 7.76. The van der Waals surface area contributed by atoms with E-state index < -0.39 is 11.0 Å². The molecular weight excluding hydrogens is 328 g/mol. The predicted molar refractivity (Wildman–Crippen MR) is 83.4 cm³/mol. The van der Waals surface area contributed by atoms with E-state index >= 15 is 0 Å². The van der Waals surface area contributed by atoms with Crippen LogP contribution in [0.4, 0.5) is 0 Å². The molecule has 6 heteroatoms. The number of hydrogen-bond acceptors (Lipinski definition) is 2. The predicted octanol–water partition coefficient (Wildman–Crippen LogP) is 2.65. The Kier molecular flexibility index (Phi) is 5.53. The van der Waals surface area contributed by atoms with Gasteiger partial charge in [-0.1, -0.05) is 6.92 Å². The second-order valence-corrected chi connectivity index (χ2v) is 8.34. The fourth-order valence-electron chi connectivity index (χ4n) is 1.55. The van der Waals surface area contributed by atoms with Gasteiger partial charge in [0.15, 0.2) is 0 Å². The summed E-state index contributed by atoms with van der Waals surface area (Å²) in [5, 5.41) is 0. The minimum Gasteiger partial charge on any atom is -0.317 e. The summed E-state index contributed by atoms with van der Waals surface area (Å²) in [4.78, 5) is 11.7. The molecule has 0 aromatic carbocycles. The molecule has 4 nitrogen and oxygen atoms in total. The standard InChI is InChI=1S/C13H21BrN2O2S/c1-6-11(15-19(18)13(2,3)4)9-7-12(17)16(5)8-10(9)14/h7-8,11,15H,6H2,1-5H3/t11-,19-/m0/s1. The average Bonchev–Trinajstić information content (AvgIpc) is 2.29. The summed E-state index contributed by atoms with van der Waals surface area (Å²) in [5.74, 6) is 0.